The van der Waals surface area contributed by atoms with Gasteiger partial charge in [-0.3, -0.25) is 4.98 Å². The molecule has 0 aliphatic heterocycles. The van der Waals surface area contributed by atoms with E-state index in [4.69, 9.17) is 5.84 Å². The molecule has 100 valence electrons. The number of hydrogen-bond acceptors (Lipinski definition) is 5. The number of halogens is 1. The molecule has 0 bridgehead atoms. The number of nitrogens with zero attached hydrogens (tertiary/aromatic N) is 3. The number of aryl methyl sites for hydroxylation is 1. The van der Waals surface area contributed by atoms with Crippen molar-refractivity contribution in [2.45, 2.75) is 6.92 Å². The standard InChI is InChI=1S/C14H12FN5/c1-8-11(15)14(20-16)19-13(18-8)10-6-2-4-9-5-3-7-17-12(9)10/h2-7H,16H2,1H3,(H,18,19,20). The Hall–Kier alpha value is -2.60. The van der Waals surface area contributed by atoms with Crippen molar-refractivity contribution in [1.82, 2.24) is 15.0 Å². The Labute approximate surface area is 114 Å². The Morgan fingerprint density at radius 2 is 1.95 bits per heavy atom. The molecule has 2 aromatic heterocycles. The van der Waals surface area contributed by atoms with Crippen LogP contribution in [-0.4, -0.2) is 15.0 Å². The topological polar surface area (TPSA) is 76.7 Å². The summed E-state index contributed by atoms with van der Waals surface area (Å²) in [6.45, 7) is 1.57. The highest BCUT2D eigenvalue weighted by Crippen LogP contribution is 2.26. The van der Waals surface area contributed by atoms with Gasteiger partial charge < -0.3 is 5.43 Å². The molecule has 3 N–H and O–H groups in total. The molecule has 0 aliphatic carbocycles. The van der Waals surface area contributed by atoms with Crippen molar-refractivity contribution in [2.24, 2.45) is 5.84 Å². The van der Waals surface area contributed by atoms with Gasteiger partial charge in [0.05, 0.1) is 11.2 Å². The van der Waals surface area contributed by atoms with Crippen LogP contribution in [0, 0.1) is 12.7 Å². The minimum absolute atomic E-state index is 0.0274. The predicted molar refractivity (Wildman–Crippen MR) is 75.3 cm³/mol. The molecule has 0 atom stereocenters. The first-order chi connectivity index (χ1) is 9.70. The summed E-state index contributed by atoms with van der Waals surface area (Å²) in [5.41, 5.74) is 3.99. The molecular weight excluding hydrogens is 257 g/mol. The zero-order valence-corrected chi connectivity index (χ0v) is 10.8. The molecule has 6 heteroatoms. The van der Waals surface area contributed by atoms with Crippen LogP contribution in [0.5, 0.6) is 0 Å². The SMILES string of the molecule is Cc1nc(-c2cccc3cccnc23)nc(NN)c1F. The van der Waals surface area contributed by atoms with E-state index in [1.807, 2.05) is 30.3 Å². The van der Waals surface area contributed by atoms with Gasteiger partial charge in [-0.25, -0.2) is 20.2 Å². The smallest absolute Gasteiger partial charge is 0.187 e. The third-order valence-electron chi connectivity index (χ3n) is 3.03. The van der Waals surface area contributed by atoms with E-state index in [0.717, 1.165) is 16.5 Å². The highest BCUT2D eigenvalue weighted by Gasteiger charge is 2.14. The van der Waals surface area contributed by atoms with Crippen LogP contribution in [0.15, 0.2) is 36.5 Å². The minimum atomic E-state index is -0.551. The Morgan fingerprint density at radius 3 is 2.75 bits per heavy atom. The second kappa shape index (κ2) is 4.82. The maximum absolute atomic E-state index is 13.7. The fraction of sp³-hybridized carbons (Fsp3) is 0.0714. The average Bonchev–Trinajstić information content (AvgIpc) is 2.49. The number of benzene rings is 1. The highest BCUT2D eigenvalue weighted by molar-refractivity contribution is 5.91. The van der Waals surface area contributed by atoms with E-state index < -0.39 is 5.82 Å². The van der Waals surface area contributed by atoms with Gasteiger partial charge in [-0.2, -0.15) is 0 Å². The van der Waals surface area contributed by atoms with Gasteiger partial charge in [0.15, 0.2) is 17.5 Å². The molecule has 3 rings (SSSR count). The fourth-order valence-corrected chi connectivity index (χ4v) is 2.06. The lowest BCUT2D eigenvalue weighted by Gasteiger charge is -2.08. The summed E-state index contributed by atoms with van der Waals surface area (Å²) in [7, 11) is 0. The number of pyridine rings is 1. The Morgan fingerprint density at radius 1 is 1.15 bits per heavy atom. The van der Waals surface area contributed by atoms with Crippen LogP contribution in [0.2, 0.25) is 0 Å². The first-order valence-corrected chi connectivity index (χ1v) is 6.05. The monoisotopic (exact) mass is 269 g/mol. The van der Waals surface area contributed by atoms with Gasteiger partial charge in [0.2, 0.25) is 0 Å². The van der Waals surface area contributed by atoms with Crippen molar-refractivity contribution in [3.63, 3.8) is 0 Å². The Balaban J connectivity index is 2.28. The van der Waals surface area contributed by atoms with Crippen molar-refractivity contribution in [1.29, 1.82) is 0 Å². The van der Waals surface area contributed by atoms with E-state index in [2.05, 4.69) is 20.4 Å². The van der Waals surface area contributed by atoms with Gasteiger partial charge in [0.1, 0.15) is 0 Å². The van der Waals surface area contributed by atoms with Crippen molar-refractivity contribution < 1.29 is 4.39 Å². The van der Waals surface area contributed by atoms with Crippen molar-refractivity contribution in [3.05, 3.63) is 48.0 Å². The molecule has 5 nitrogen and oxygen atoms in total. The van der Waals surface area contributed by atoms with Gasteiger partial charge in [0, 0.05) is 17.1 Å². The van der Waals surface area contributed by atoms with Crippen molar-refractivity contribution >= 4 is 16.7 Å². The number of fused-ring (bicyclic) bond motifs is 1. The summed E-state index contributed by atoms with van der Waals surface area (Å²) < 4.78 is 13.7. The largest absolute Gasteiger partial charge is 0.306 e. The van der Waals surface area contributed by atoms with E-state index in [-0.39, 0.29) is 11.5 Å². The van der Waals surface area contributed by atoms with E-state index in [1.165, 1.54) is 0 Å². The van der Waals surface area contributed by atoms with Crippen LogP contribution in [0.4, 0.5) is 10.2 Å². The molecule has 0 radical (unpaired) electrons. The van der Waals surface area contributed by atoms with Crippen LogP contribution in [0.25, 0.3) is 22.3 Å². The van der Waals surface area contributed by atoms with Crippen LogP contribution >= 0.6 is 0 Å². The van der Waals surface area contributed by atoms with E-state index >= 15 is 0 Å². The number of nitrogens with two attached hydrogens (primary N) is 1. The summed E-state index contributed by atoms with van der Waals surface area (Å²) >= 11 is 0. The van der Waals surface area contributed by atoms with Crippen LogP contribution in [-0.2, 0) is 0 Å². The molecule has 0 spiro atoms. The maximum atomic E-state index is 13.7. The van der Waals surface area contributed by atoms with Gasteiger partial charge in [0.25, 0.3) is 0 Å². The highest BCUT2D eigenvalue weighted by atomic mass is 19.1. The Kier molecular flexibility index (Phi) is 3.00. The number of hydrogen-bond donors (Lipinski definition) is 2. The first kappa shape index (κ1) is 12.4. The zero-order chi connectivity index (χ0) is 14.1. The summed E-state index contributed by atoms with van der Waals surface area (Å²) in [6.07, 6.45) is 1.70. The number of aromatic nitrogens is 3. The number of nitrogen functional groups attached to an aromatic ring is 1. The molecule has 2 heterocycles. The normalized spacial score (nSPS) is 10.8. The van der Waals surface area contributed by atoms with Crippen LogP contribution < -0.4 is 11.3 Å². The second-order valence-corrected chi connectivity index (χ2v) is 4.32. The molecule has 0 saturated heterocycles. The van der Waals surface area contributed by atoms with Crippen LogP contribution in [0.1, 0.15) is 5.69 Å². The van der Waals surface area contributed by atoms with Gasteiger partial charge in [-0.1, -0.05) is 18.2 Å². The van der Waals surface area contributed by atoms with Crippen LogP contribution in [0.3, 0.4) is 0 Å². The van der Waals surface area contributed by atoms with E-state index in [1.54, 1.807) is 13.1 Å². The quantitative estimate of drug-likeness (QED) is 0.552. The third kappa shape index (κ3) is 1.96. The molecule has 0 unspecified atom stereocenters. The first-order valence-electron chi connectivity index (χ1n) is 6.05. The third-order valence-corrected chi connectivity index (χ3v) is 3.03. The summed E-state index contributed by atoms with van der Waals surface area (Å²) in [4.78, 5) is 12.6. The summed E-state index contributed by atoms with van der Waals surface area (Å²) in [5.74, 6) is 5.09. The number of rotatable bonds is 2. The lowest BCUT2D eigenvalue weighted by Crippen LogP contribution is -2.13. The molecule has 20 heavy (non-hydrogen) atoms. The molecule has 0 aliphatic rings. The van der Waals surface area contributed by atoms with Gasteiger partial charge in [-0.15, -0.1) is 0 Å². The zero-order valence-electron chi connectivity index (χ0n) is 10.8. The summed E-state index contributed by atoms with van der Waals surface area (Å²) in [6, 6.07) is 9.49. The molecule has 0 fully saturated rings. The lowest BCUT2D eigenvalue weighted by molar-refractivity contribution is 0.606. The molecule has 0 saturated carbocycles. The minimum Gasteiger partial charge on any atom is -0.306 e. The second-order valence-electron chi connectivity index (χ2n) is 4.32. The molecule has 1 aromatic carbocycles. The number of nitrogens with one attached hydrogen (secondary N) is 1. The number of anilines is 1. The maximum Gasteiger partial charge on any atom is 0.187 e. The average molecular weight is 269 g/mol. The lowest BCUT2D eigenvalue weighted by atomic mass is 10.1. The fourth-order valence-electron chi connectivity index (χ4n) is 2.06. The van der Waals surface area contributed by atoms with Gasteiger partial charge >= 0.3 is 0 Å². The van der Waals surface area contributed by atoms with E-state index in [0.29, 0.717) is 5.82 Å². The molecule has 3 aromatic rings. The van der Waals surface area contributed by atoms with E-state index in [9.17, 15) is 4.39 Å². The van der Waals surface area contributed by atoms with Crippen molar-refractivity contribution in [3.8, 4) is 11.4 Å². The van der Waals surface area contributed by atoms with Gasteiger partial charge in [-0.05, 0) is 19.1 Å². The number of hydrazine groups is 1. The predicted octanol–water partition coefficient (Wildman–Crippen LogP) is 2.42. The molecule has 0 amide bonds. The summed E-state index contributed by atoms with van der Waals surface area (Å²) in [5, 5.41) is 0.970. The molecular formula is C14H12FN5. The number of para-hydroxylation sites is 1. The Bertz CT molecular complexity index is 782. The van der Waals surface area contributed by atoms with Crippen molar-refractivity contribution in [2.75, 3.05) is 5.43 Å².